The van der Waals surface area contributed by atoms with Gasteiger partial charge in [-0.15, -0.1) is 0 Å². The van der Waals surface area contributed by atoms with Gasteiger partial charge in [-0.05, 0) is 24.3 Å². The summed E-state index contributed by atoms with van der Waals surface area (Å²) in [5.41, 5.74) is 0. The van der Waals surface area contributed by atoms with Gasteiger partial charge in [-0.25, -0.2) is 0 Å². The first-order valence-electron chi connectivity index (χ1n) is 5.62. The minimum atomic E-state index is -0.953. The highest BCUT2D eigenvalue weighted by molar-refractivity contribution is 9.10. The molecule has 0 bridgehead atoms. The highest BCUT2D eigenvalue weighted by Gasteiger charge is 2.28. The molecule has 0 spiro atoms. The van der Waals surface area contributed by atoms with Gasteiger partial charge in [0.2, 0.25) is 0 Å². The molecule has 6 heteroatoms. The molecule has 0 amide bonds. The smallest absolute Gasteiger partial charge is 0.320 e. The first kappa shape index (κ1) is 15.5. The van der Waals surface area contributed by atoms with Gasteiger partial charge in [-0.1, -0.05) is 15.9 Å². The van der Waals surface area contributed by atoms with Gasteiger partial charge in [0.25, 0.3) is 0 Å². The number of carbonyl (C=O) groups excluding carboxylic acids is 2. The molecular weight excluding hydrogens is 316 g/mol. The highest BCUT2D eigenvalue weighted by Crippen LogP contribution is 2.17. The summed E-state index contributed by atoms with van der Waals surface area (Å²) in [4.78, 5) is 22.8. The van der Waals surface area contributed by atoms with Crippen LogP contribution in [0.3, 0.4) is 0 Å². The van der Waals surface area contributed by atoms with Crippen LogP contribution in [-0.2, 0) is 19.1 Å². The molecule has 0 saturated carbocycles. The van der Waals surface area contributed by atoms with E-state index >= 15 is 0 Å². The Balaban J connectivity index is 2.50. The summed E-state index contributed by atoms with van der Waals surface area (Å²) >= 11 is 3.32. The zero-order valence-corrected chi connectivity index (χ0v) is 12.3. The molecule has 19 heavy (non-hydrogen) atoms. The molecule has 0 aromatic heterocycles. The zero-order chi connectivity index (χ0) is 14.3. The molecule has 0 radical (unpaired) electrons. The molecule has 0 N–H and O–H groups in total. The Morgan fingerprint density at radius 1 is 1.11 bits per heavy atom. The summed E-state index contributed by atoms with van der Waals surface area (Å²) in [5.74, 6) is -1.53. The maximum atomic E-state index is 11.4. The van der Waals surface area contributed by atoms with Crippen molar-refractivity contribution in [1.29, 1.82) is 0 Å². The van der Waals surface area contributed by atoms with E-state index in [9.17, 15) is 9.59 Å². The van der Waals surface area contributed by atoms with E-state index in [-0.39, 0.29) is 13.0 Å². The van der Waals surface area contributed by atoms with Crippen molar-refractivity contribution in [2.24, 2.45) is 5.92 Å². The van der Waals surface area contributed by atoms with Gasteiger partial charge < -0.3 is 14.2 Å². The number of rotatable bonds is 6. The maximum absolute atomic E-state index is 11.4. The van der Waals surface area contributed by atoms with Crippen LogP contribution in [0.4, 0.5) is 0 Å². The summed E-state index contributed by atoms with van der Waals surface area (Å²) in [5, 5.41) is 0. The van der Waals surface area contributed by atoms with Crippen molar-refractivity contribution >= 4 is 27.9 Å². The van der Waals surface area contributed by atoms with Crippen LogP contribution in [0.25, 0.3) is 0 Å². The predicted octanol–water partition coefficient (Wildman–Crippen LogP) is 2.18. The Morgan fingerprint density at radius 2 is 1.63 bits per heavy atom. The molecule has 0 saturated heterocycles. The number of methoxy groups -OCH3 is 2. The van der Waals surface area contributed by atoms with E-state index in [2.05, 4.69) is 25.4 Å². The van der Waals surface area contributed by atoms with E-state index in [4.69, 9.17) is 4.74 Å². The van der Waals surface area contributed by atoms with Gasteiger partial charge in [-0.2, -0.15) is 0 Å². The van der Waals surface area contributed by atoms with Gasteiger partial charge >= 0.3 is 11.9 Å². The Morgan fingerprint density at radius 3 is 2.11 bits per heavy atom. The largest absolute Gasteiger partial charge is 0.494 e. The number of benzene rings is 1. The van der Waals surface area contributed by atoms with Gasteiger partial charge in [0.15, 0.2) is 5.92 Å². The third kappa shape index (κ3) is 4.90. The van der Waals surface area contributed by atoms with Crippen molar-refractivity contribution in [2.75, 3.05) is 20.8 Å². The van der Waals surface area contributed by atoms with Crippen LogP contribution in [0.15, 0.2) is 28.7 Å². The summed E-state index contributed by atoms with van der Waals surface area (Å²) in [6, 6.07) is 7.26. The molecule has 0 aliphatic carbocycles. The van der Waals surface area contributed by atoms with E-state index in [0.29, 0.717) is 5.75 Å². The Kier molecular flexibility index (Phi) is 6.35. The van der Waals surface area contributed by atoms with Crippen molar-refractivity contribution in [3.8, 4) is 5.75 Å². The van der Waals surface area contributed by atoms with Gasteiger partial charge in [0.05, 0.1) is 20.8 Å². The molecule has 0 fully saturated rings. The molecule has 0 unspecified atom stereocenters. The topological polar surface area (TPSA) is 61.8 Å². The van der Waals surface area contributed by atoms with E-state index in [1.807, 2.05) is 12.1 Å². The van der Waals surface area contributed by atoms with Crippen LogP contribution < -0.4 is 4.74 Å². The van der Waals surface area contributed by atoms with Crippen molar-refractivity contribution in [3.63, 3.8) is 0 Å². The second-order valence-electron chi connectivity index (χ2n) is 3.69. The average Bonchev–Trinajstić information content (AvgIpc) is 2.44. The van der Waals surface area contributed by atoms with Crippen molar-refractivity contribution in [1.82, 2.24) is 0 Å². The van der Waals surface area contributed by atoms with Crippen LogP contribution in [-0.4, -0.2) is 32.8 Å². The van der Waals surface area contributed by atoms with Gasteiger partial charge in [-0.3, -0.25) is 9.59 Å². The SMILES string of the molecule is COC(=O)C(CCOc1ccc(Br)cc1)C(=O)OC. The number of hydrogen-bond donors (Lipinski definition) is 0. The van der Waals surface area contributed by atoms with E-state index < -0.39 is 17.9 Å². The maximum Gasteiger partial charge on any atom is 0.320 e. The first-order valence-corrected chi connectivity index (χ1v) is 6.41. The first-order chi connectivity index (χ1) is 9.08. The monoisotopic (exact) mass is 330 g/mol. The lowest BCUT2D eigenvalue weighted by Crippen LogP contribution is -2.28. The average molecular weight is 331 g/mol. The number of halogens is 1. The fourth-order valence-electron chi connectivity index (χ4n) is 1.44. The van der Waals surface area contributed by atoms with Gasteiger partial charge in [0.1, 0.15) is 5.75 Å². The van der Waals surface area contributed by atoms with Crippen molar-refractivity contribution in [3.05, 3.63) is 28.7 Å². The molecule has 1 aromatic carbocycles. The summed E-state index contributed by atoms with van der Waals surface area (Å²) in [7, 11) is 2.46. The third-order valence-electron chi connectivity index (χ3n) is 2.46. The van der Waals surface area contributed by atoms with E-state index in [1.54, 1.807) is 12.1 Å². The quantitative estimate of drug-likeness (QED) is 0.591. The number of carbonyl (C=O) groups is 2. The summed E-state index contributed by atoms with van der Waals surface area (Å²) in [6.45, 7) is 0.219. The normalized spacial score (nSPS) is 10.1. The number of esters is 2. The lowest BCUT2D eigenvalue weighted by Gasteiger charge is -2.13. The Labute approximate surface area is 120 Å². The Hall–Kier alpha value is -1.56. The molecule has 5 nitrogen and oxygen atoms in total. The molecule has 0 heterocycles. The minimum absolute atomic E-state index is 0.204. The second-order valence-corrected chi connectivity index (χ2v) is 4.61. The Bertz CT molecular complexity index is 413. The van der Waals surface area contributed by atoms with Crippen LogP contribution in [0.5, 0.6) is 5.75 Å². The number of ether oxygens (including phenoxy) is 3. The molecule has 0 atom stereocenters. The lowest BCUT2D eigenvalue weighted by molar-refractivity contribution is -0.159. The summed E-state index contributed by atoms with van der Waals surface area (Å²) in [6.07, 6.45) is 0.204. The minimum Gasteiger partial charge on any atom is -0.494 e. The van der Waals surface area contributed by atoms with Crippen molar-refractivity contribution in [2.45, 2.75) is 6.42 Å². The molecular formula is C13H15BrO5. The molecule has 104 valence electrons. The van der Waals surface area contributed by atoms with Gasteiger partial charge in [0, 0.05) is 10.9 Å². The molecule has 1 rings (SSSR count). The summed E-state index contributed by atoms with van der Waals surface area (Å²) < 4.78 is 15.5. The fraction of sp³-hybridized carbons (Fsp3) is 0.385. The predicted molar refractivity (Wildman–Crippen MR) is 71.8 cm³/mol. The van der Waals surface area contributed by atoms with Crippen LogP contribution >= 0.6 is 15.9 Å². The van der Waals surface area contributed by atoms with Crippen molar-refractivity contribution < 1.29 is 23.8 Å². The van der Waals surface area contributed by atoms with E-state index in [1.165, 1.54) is 14.2 Å². The molecule has 1 aromatic rings. The van der Waals surface area contributed by atoms with Crippen LogP contribution in [0.1, 0.15) is 6.42 Å². The van der Waals surface area contributed by atoms with Crippen LogP contribution in [0, 0.1) is 5.92 Å². The van der Waals surface area contributed by atoms with Crippen LogP contribution in [0.2, 0.25) is 0 Å². The standard InChI is InChI=1S/C13H15BrO5/c1-17-12(15)11(13(16)18-2)7-8-19-10-5-3-9(14)4-6-10/h3-6,11H,7-8H2,1-2H3. The zero-order valence-electron chi connectivity index (χ0n) is 10.7. The molecule has 0 aliphatic heterocycles. The fourth-order valence-corrected chi connectivity index (χ4v) is 1.71. The number of hydrogen-bond acceptors (Lipinski definition) is 5. The third-order valence-corrected chi connectivity index (χ3v) is 2.99. The lowest BCUT2D eigenvalue weighted by atomic mass is 10.1. The second kappa shape index (κ2) is 7.78. The highest BCUT2D eigenvalue weighted by atomic mass is 79.9. The van der Waals surface area contributed by atoms with E-state index in [0.717, 1.165) is 4.47 Å². The molecule has 0 aliphatic rings.